The van der Waals surface area contributed by atoms with Crippen LogP contribution < -0.4 is 5.32 Å². The van der Waals surface area contributed by atoms with E-state index < -0.39 is 0 Å². The fourth-order valence-electron chi connectivity index (χ4n) is 1.95. The second-order valence-electron chi connectivity index (χ2n) is 4.19. The maximum Gasteiger partial charge on any atom is 0.0192 e. The number of rotatable bonds is 6. The first kappa shape index (κ1) is 11.0. The van der Waals surface area contributed by atoms with E-state index in [1.54, 1.807) is 0 Å². The first-order chi connectivity index (χ1) is 6.27. The summed E-state index contributed by atoms with van der Waals surface area (Å²) in [6.07, 6.45) is 5.51. The van der Waals surface area contributed by atoms with Gasteiger partial charge in [-0.1, -0.05) is 20.3 Å². The molecule has 0 radical (unpaired) electrons. The highest BCUT2D eigenvalue weighted by Gasteiger charge is 2.23. The van der Waals surface area contributed by atoms with Crippen LogP contribution in [0.25, 0.3) is 0 Å². The van der Waals surface area contributed by atoms with Crippen LogP contribution in [0.3, 0.4) is 0 Å². The topological polar surface area (TPSA) is 15.3 Å². The average Bonchev–Trinajstić information content (AvgIpc) is 2.00. The molecule has 1 fully saturated rings. The van der Waals surface area contributed by atoms with Gasteiger partial charge in [-0.05, 0) is 32.9 Å². The van der Waals surface area contributed by atoms with Crippen LogP contribution in [0.4, 0.5) is 0 Å². The summed E-state index contributed by atoms with van der Waals surface area (Å²) in [6.45, 7) is 6.76. The third kappa shape index (κ3) is 3.28. The summed E-state index contributed by atoms with van der Waals surface area (Å²) in [5.74, 6) is 0. The SMILES string of the molecule is CCNC(CC)CN(C)C1CCC1. The van der Waals surface area contributed by atoms with Crippen LogP contribution in [-0.4, -0.2) is 37.1 Å². The van der Waals surface area contributed by atoms with Gasteiger partial charge >= 0.3 is 0 Å². The molecule has 0 saturated heterocycles. The van der Waals surface area contributed by atoms with E-state index >= 15 is 0 Å². The molecule has 0 heterocycles. The summed E-state index contributed by atoms with van der Waals surface area (Å²) in [4.78, 5) is 2.53. The summed E-state index contributed by atoms with van der Waals surface area (Å²) < 4.78 is 0. The number of nitrogens with one attached hydrogen (secondary N) is 1. The summed E-state index contributed by atoms with van der Waals surface area (Å²) in [7, 11) is 2.27. The van der Waals surface area contributed by atoms with E-state index in [1.807, 2.05) is 0 Å². The van der Waals surface area contributed by atoms with Crippen molar-refractivity contribution in [2.75, 3.05) is 20.1 Å². The molecule has 0 bridgehead atoms. The second-order valence-corrected chi connectivity index (χ2v) is 4.19. The molecule has 1 rings (SSSR count). The molecule has 0 aromatic heterocycles. The lowest BCUT2D eigenvalue weighted by Gasteiger charge is -2.36. The van der Waals surface area contributed by atoms with Crippen molar-refractivity contribution in [3.63, 3.8) is 0 Å². The van der Waals surface area contributed by atoms with Crippen molar-refractivity contribution in [3.8, 4) is 0 Å². The van der Waals surface area contributed by atoms with Gasteiger partial charge in [0.05, 0.1) is 0 Å². The Morgan fingerprint density at radius 3 is 2.46 bits per heavy atom. The predicted molar refractivity (Wildman–Crippen MR) is 58.0 cm³/mol. The lowest BCUT2D eigenvalue weighted by Crippen LogP contribution is -2.45. The number of likely N-dealkylation sites (N-methyl/N-ethyl adjacent to an activating group) is 2. The van der Waals surface area contributed by atoms with Gasteiger partial charge in [-0.15, -0.1) is 0 Å². The highest BCUT2D eigenvalue weighted by atomic mass is 15.2. The van der Waals surface area contributed by atoms with Crippen LogP contribution in [0.5, 0.6) is 0 Å². The number of nitrogens with zero attached hydrogens (tertiary/aromatic N) is 1. The van der Waals surface area contributed by atoms with E-state index in [2.05, 4.69) is 31.1 Å². The molecule has 1 aliphatic carbocycles. The maximum atomic E-state index is 3.52. The van der Waals surface area contributed by atoms with E-state index in [9.17, 15) is 0 Å². The zero-order chi connectivity index (χ0) is 9.68. The molecule has 0 aromatic carbocycles. The maximum absolute atomic E-state index is 3.52. The van der Waals surface area contributed by atoms with Crippen LogP contribution >= 0.6 is 0 Å². The quantitative estimate of drug-likeness (QED) is 0.678. The first-order valence-corrected chi connectivity index (χ1v) is 5.71. The zero-order valence-electron chi connectivity index (χ0n) is 9.34. The smallest absolute Gasteiger partial charge is 0.0192 e. The van der Waals surface area contributed by atoms with Gasteiger partial charge in [0, 0.05) is 18.6 Å². The Labute approximate surface area is 82.7 Å². The summed E-state index contributed by atoms with van der Waals surface area (Å²) in [6, 6.07) is 1.57. The molecule has 2 nitrogen and oxygen atoms in total. The summed E-state index contributed by atoms with van der Waals surface area (Å²) in [5, 5.41) is 3.52. The Kier molecular flexibility index (Phi) is 4.74. The highest BCUT2D eigenvalue weighted by molar-refractivity contribution is 4.80. The van der Waals surface area contributed by atoms with Gasteiger partial charge in [0.25, 0.3) is 0 Å². The van der Waals surface area contributed by atoms with Crippen molar-refractivity contribution in [2.45, 2.75) is 51.6 Å². The van der Waals surface area contributed by atoms with Gasteiger partial charge < -0.3 is 10.2 Å². The predicted octanol–water partition coefficient (Wildman–Crippen LogP) is 1.86. The Balaban J connectivity index is 2.18. The van der Waals surface area contributed by atoms with Crippen LogP contribution in [0, 0.1) is 0 Å². The molecule has 2 heteroatoms. The first-order valence-electron chi connectivity index (χ1n) is 5.71. The minimum absolute atomic E-state index is 0.690. The molecule has 1 saturated carbocycles. The number of hydrogen-bond acceptors (Lipinski definition) is 2. The Morgan fingerprint density at radius 2 is 2.08 bits per heavy atom. The van der Waals surface area contributed by atoms with E-state index in [0.717, 1.165) is 12.6 Å². The fraction of sp³-hybridized carbons (Fsp3) is 1.00. The van der Waals surface area contributed by atoms with Crippen molar-refractivity contribution >= 4 is 0 Å². The van der Waals surface area contributed by atoms with Crippen molar-refractivity contribution in [1.29, 1.82) is 0 Å². The molecule has 13 heavy (non-hydrogen) atoms. The normalized spacial score (nSPS) is 20.3. The molecular weight excluding hydrogens is 160 g/mol. The largest absolute Gasteiger partial charge is 0.313 e. The van der Waals surface area contributed by atoms with Crippen molar-refractivity contribution in [2.24, 2.45) is 0 Å². The Morgan fingerprint density at radius 1 is 1.38 bits per heavy atom. The molecule has 0 spiro atoms. The van der Waals surface area contributed by atoms with Crippen molar-refractivity contribution in [1.82, 2.24) is 10.2 Å². The lowest BCUT2D eigenvalue weighted by molar-refractivity contribution is 0.144. The standard InChI is InChI=1S/C11H24N2/c1-4-10(12-5-2)9-13(3)11-7-6-8-11/h10-12H,4-9H2,1-3H3. The van der Waals surface area contributed by atoms with Crippen molar-refractivity contribution in [3.05, 3.63) is 0 Å². The van der Waals surface area contributed by atoms with Crippen LogP contribution in [0.15, 0.2) is 0 Å². The average molecular weight is 184 g/mol. The van der Waals surface area contributed by atoms with Gasteiger partial charge in [-0.3, -0.25) is 0 Å². The minimum Gasteiger partial charge on any atom is -0.313 e. The van der Waals surface area contributed by atoms with Crippen LogP contribution in [0.1, 0.15) is 39.5 Å². The lowest BCUT2D eigenvalue weighted by atomic mass is 9.91. The molecule has 78 valence electrons. The summed E-state index contributed by atoms with van der Waals surface area (Å²) in [5.41, 5.74) is 0. The van der Waals surface area contributed by atoms with E-state index in [0.29, 0.717) is 6.04 Å². The van der Waals surface area contributed by atoms with Gasteiger partial charge in [0.2, 0.25) is 0 Å². The molecule has 1 N–H and O–H groups in total. The van der Waals surface area contributed by atoms with E-state index in [-0.39, 0.29) is 0 Å². The Bertz CT molecular complexity index is 132. The second kappa shape index (κ2) is 5.61. The van der Waals surface area contributed by atoms with Gasteiger partial charge in [-0.25, -0.2) is 0 Å². The molecule has 0 aliphatic heterocycles. The van der Waals surface area contributed by atoms with Gasteiger partial charge in [-0.2, -0.15) is 0 Å². The minimum atomic E-state index is 0.690. The zero-order valence-corrected chi connectivity index (χ0v) is 9.34. The number of hydrogen-bond donors (Lipinski definition) is 1. The summed E-state index contributed by atoms with van der Waals surface area (Å²) >= 11 is 0. The third-order valence-electron chi connectivity index (χ3n) is 3.19. The van der Waals surface area contributed by atoms with E-state index in [4.69, 9.17) is 0 Å². The van der Waals surface area contributed by atoms with E-state index in [1.165, 1.54) is 32.2 Å². The molecule has 1 aliphatic rings. The van der Waals surface area contributed by atoms with Crippen molar-refractivity contribution < 1.29 is 0 Å². The van der Waals surface area contributed by atoms with Gasteiger partial charge in [0.1, 0.15) is 0 Å². The van der Waals surface area contributed by atoms with Gasteiger partial charge in [0.15, 0.2) is 0 Å². The molecule has 1 unspecified atom stereocenters. The monoisotopic (exact) mass is 184 g/mol. The molecule has 0 aromatic rings. The van der Waals surface area contributed by atoms with Crippen LogP contribution in [-0.2, 0) is 0 Å². The highest BCUT2D eigenvalue weighted by Crippen LogP contribution is 2.23. The van der Waals surface area contributed by atoms with Crippen LogP contribution in [0.2, 0.25) is 0 Å². The molecule has 0 amide bonds. The molecular formula is C11H24N2. The Hall–Kier alpha value is -0.0800. The third-order valence-corrected chi connectivity index (χ3v) is 3.19. The molecule has 1 atom stereocenters. The fourth-order valence-corrected chi connectivity index (χ4v) is 1.95.